The highest BCUT2D eigenvalue weighted by Gasteiger charge is 2.25. The highest BCUT2D eigenvalue weighted by atomic mass is 16.2. The first-order valence-electron chi connectivity index (χ1n) is 8.01. The van der Waals surface area contributed by atoms with Crippen molar-refractivity contribution >= 4 is 11.6 Å². The van der Waals surface area contributed by atoms with Crippen LogP contribution in [0.15, 0.2) is 12.1 Å². The van der Waals surface area contributed by atoms with Crippen LogP contribution in [-0.4, -0.2) is 29.9 Å². The lowest BCUT2D eigenvalue weighted by atomic mass is 9.98. The molecule has 1 fully saturated rings. The minimum absolute atomic E-state index is 0.0578. The van der Waals surface area contributed by atoms with Gasteiger partial charge in [-0.1, -0.05) is 24.6 Å². The topological polar surface area (TPSA) is 32.3 Å². The third-order valence-electron chi connectivity index (χ3n) is 4.67. The molecule has 0 spiro atoms. The Hall–Kier alpha value is -1.35. The Morgan fingerprint density at radius 1 is 1.19 bits per heavy atom. The number of likely N-dealkylation sites (tertiary alicyclic amines) is 1. The van der Waals surface area contributed by atoms with Gasteiger partial charge in [-0.2, -0.15) is 0 Å². The van der Waals surface area contributed by atoms with Gasteiger partial charge in [-0.05, 0) is 70.7 Å². The number of nitrogens with one attached hydrogen (secondary N) is 1. The molecule has 1 aromatic rings. The van der Waals surface area contributed by atoms with Crippen LogP contribution >= 0.6 is 0 Å². The van der Waals surface area contributed by atoms with Gasteiger partial charge in [-0.3, -0.25) is 9.69 Å². The zero-order valence-corrected chi connectivity index (χ0v) is 14.0. The third kappa shape index (κ3) is 3.85. The number of carbonyl (C=O) groups excluding carboxylic acids is 1. The first-order chi connectivity index (χ1) is 9.88. The Labute approximate surface area is 128 Å². The van der Waals surface area contributed by atoms with E-state index in [9.17, 15) is 4.79 Å². The monoisotopic (exact) mass is 288 g/mol. The summed E-state index contributed by atoms with van der Waals surface area (Å²) in [6, 6.07) is 4.18. The van der Waals surface area contributed by atoms with Crippen molar-refractivity contribution in [1.29, 1.82) is 0 Å². The van der Waals surface area contributed by atoms with Gasteiger partial charge in [0.25, 0.3) is 0 Å². The normalized spacial score (nSPS) is 18.5. The second-order valence-electron chi connectivity index (χ2n) is 6.66. The van der Waals surface area contributed by atoms with E-state index in [1.165, 1.54) is 18.4 Å². The molecule has 1 atom stereocenters. The molecule has 0 aromatic heterocycles. The van der Waals surface area contributed by atoms with Gasteiger partial charge < -0.3 is 5.32 Å². The van der Waals surface area contributed by atoms with E-state index in [1.54, 1.807) is 0 Å². The second kappa shape index (κ2) is 6.61. The van der Waals surface area contributed by atoms with Crippen molar-refractivity contribution in [2.75, 3.05) is 18.4 Å². The fourth-order valence-corrected chi connectivity index (χ4v) is 3.19. The molecule has 21 heavy (non-hydrogen) atoms. The quantitative estimate of drug-likeness (QED) is 0.920. The minimum Gasteiger partial charge on any atom is -0.324 e. The standard InChI is InChI=1S/C18H28N2O/c1-12-6-8-20(9-7-12)16(5)18(21)19-17-14(3)10-13(2)11-15(17)4/h10-12,16H,6-9H2,1-5H3,(H,19,21)/t16-/m1/s1. The van der Waals surface area contributed by atoms with Crippen LogP contribution < -0.4 is 5.32 Å². The first-order valence-corrected chi connectivity index (χ1v) is 8.01. The number of amides is 1. The number of aryl methyl sites for hydroxylation is 3. The SMILES string of the molecule is Cc1cc(C)c(NC(=O)[C@@H](C)N2CCC(C)CC2)c(C)c1. The molecule has 0 saturated carbocycles. The number of nitrogens with zero attached hydrogens (tertiary/aromatic N) is 1. The predicted molar refractivity (Wildman–Crippen MR) is 88.7 cm³/mol. The Morgan fingerprint density at radius 3 is 2.24 bits per heavy atom. The average molecular weight is 288 g/mol. The zero-order chi connectivity index (χ0) is 15.6. The second-order valence-corrected chi connectivity index (χ2v) is 6.66. The third-order valence-corrected chi connectivity index (χ3v) is 4.67. The van der Waals surface area contributed by atoms with Crippen molar-refractivity contribution in [1.82, 2.24) is 4.90 Å². The smallest absolute Gasteiger partial charge is 0.241 e. The largest absolute Gasteiger partial charge is 0.324 e. The lowest BCUT2D eigenvalue weighted by Crippen LogP contribution is -2.45. The highest BCUT2D eigenvalue weighted by molar-refractivity contribution is 5.96. The van der Waals surface area contributed by atoms with Crippen molar-refractivity contribution in [3.8, 4) is 0 Å². The van der Waals surface area contributed by atoms with Gasteiger partial charge in [-0.25, -0.2) is 0 Å². The number of rotatable bonds is 3. The van der Waals surface area contributed by atoms with E-state index in [4.69, 9.17) is 0 Å². The Kier molecular flexibility index (Phi) is 5.04. The fraction of sp³-hybridized carbons (Fsp3) is 0.611. The number of hydrogen-bond acceptors (Lipinski definition) is 2. The van der Waals surface area contributed by atoms with Crippen LogP contribution in [0.1, 0.15) is 43.4 Å². The van der Waals surface area contributed by atoms with E-state index >= 15 is 0 Å². The first kappa shape index (κ1) is 16.0. The maximum Gasteiger partial charge on any atom is 0.241 e. The van der Waals surface area contributed by atoms with Crippen molar-refractivity contribution in [2.24, 2.45) is 5.92 Å². The molecule has 3 nitrogen and oxygen atoms in total. The van der Waals surface area contributed by atoms with Gasteiger partial charge in [0.05, 0.1) is 6.04 Å². The molecule has 1 saturated heterocycles. The van der Waals surface area contributed by atoms with Crippen LogP contribution in [-0.2, 0) is 4.79 Å². The van der Waals surface area contributed by atoms with Gasteiger partial charge in [0.15, 0.2) is 0 Å². The van der Waals surface area contributed by atoms with Crippen LogP contribution in [0.3, 0.4) is 0 Å². The van der Waals surface area contributed by atoms with E-state index in [1.807, 2.05) is 6.92 Å². The summed E-state index contributed by atoms with van der Waals surface area (Å²) < 4.78 is 0. The maximum absolute atomic E-state index is 12.5. The average Bonchev–Trinajstić information content (AvgIpc) is 2.42. The molecule has 0 unspecified atom stereocenters. The lowest BCUT2D eigenvalue weighted by molar-refractivity contribution is -0.121. The Morgan fingerprint density at radius 2 is 1.71 bits per heavy atom. The molecule has 1 aromatic carbocycles. The zero-order valence-electron chi connectivity index (χ0n) is 14.0. The summed E-state index contributed by atoms with van der Waals surface area (Å²) in [5.74, 6) is 0.901. The summed E-state index contributed by atoms with van der Waals surface area (Å²) in [6.07, 6.45) is 2.39. The van der Waals surface area contributed by atoms with E-state index in [0.29, 0.717) is 0 Å². The van der Waals surface area contributed by atoms with Gasteiger partial charge in [0.2, 0.25) is 5.91 Å². The molecule has 0 radical (unpaired) electrons. The summed E-state index contributed by atoms with van der Waals surface area (Å²) in [7, 11) is 0. The number of hydrogen-bond donors (Lipinski definition) is 1. The molecule has 0 bridgehead atoms. The summed E-state index contributed by atoms with van der Waals surface area (Å²) in [4.78, 5) is 14.8. The molecular weight excluding hydrogens is 260 g/mol. The summed E-state index contributed by atoms with van der Waals surface area (Å²) >= 11 is 0. The van der Waals surface area contributed by atoms with E-state index < -0.39 is 0 Å². The van der Waals surface area contributed by atoms with Crippen LogP contribution in [0.4, 0.5) is 5.69 Å². The van der Waals surface area contributed by atoms with Crippen LogP contribution in [0.25, 0.3) is 0 Å². The highest BCUT2D eigenvalue weighted by Crippen LogP contribution is 2.23. The molecule has 1 amide bonds. The number of benzene rings is 1. The molecule has 2 rings (SSSR count). The Balaban J connectivity index is 2.04. The van der Waals surface area contributed by atoms with Crippen molar-refractivity contribution in [2.45, 2.75) is 53.5 Å². The van der Waals surface area contributed by atoms with Crippen molar-refractivity contribution < 1.29 is 4.79 Å². The maximum atomic E-state index is 12.5. The predicted octanol–water partition coefficient (Wildman–Crippen LogP) is 3.67. The van der Waals surface area contributed by atoms with E-state index in [-0.39, 0.29) is 11.9 Å². The molecule has 1 aliphatic rings. The minimum atomic E-state index is -0.0578. The van der Waals surface area contributed by atoms with Gasteiger partial charge in [0.1, 0.15) is 0 Å². The fourth-order valence-electron chi connectivity index (χ4n) is 3.19. The number of anilines is 1. The van der Waals surface area contributed by atoms with Crippen molar-refractivity contribution in [3.63, 3.8) is 0 Å². The molecular formula is C18H28N2O. The lowest BCUT2D eigenvalue weighted by Gasteiger charge is -2.34. The molecule has 116 valence electrons. The molecule has 0 aliphatic carbocycles. The van der Waals surface area contributed by atoms with Crippen LogP contribution in [0.2, 0.25) is 0 Å². The number of piperidine rings is 1. The molecule has 1 aliphatic heterocycles. The summed E-state index contributed by atoms with van der Waals surface area (Å²) in [5, 5.41) is 3.13. The number of carbonyl (C=O) groups is 1. The molecule has 3 heteroatoms. The summed E-state index contributed by atoms with van der Waals surface area (Å²) in [5.41, 5.74) is 4.49. The van der Waals surface area contributed by atoms with E-state index in [0.717, 1.165) is 35.8 Å². The van der Waals surface area contributed by atoms with Gasteiger partial charge >= 0.3 is 0 Å². The van der Waals surface area contributed by atoms with Crippen LogP contribution in [0.5, 0.6) is 0 Å². The van der Waals surface area contributed by atoms with Crippen LogP contribution in [0, 0.1) is 26.7 Å². The van der Waals surface area contributed by atoms with E-state index in [2.05, 4.69) is 50.0 Å². The summed E-state index contributed by atoms with van der Waals surface area (Å²) in [6.45, 7) is 12.6. The molecule has 1 heterocycles. The Bertz CT molecular complexity index is 493. The molecule has 1 N–H and O–H groups in total. The van der Waals surface area contributed by atoms with Crippen molar-refractivity contribution in [3.05, 3.63) is 28.8 Å². The van der Waals surface area contributed by atoms with Gasteiger partial charge in [0, 0.05) is 5.69 Å². The van der Waals surface area contributed by atoms with Gasteiger partial charge in [-0.15, -0.1) is 0 Å².